The van der Waals surface area contributed by atoms with Gasteiger partial charge in [0.05, 0.1) is 4.92 Å². The standard InChI is InChI=1S/C16H9Cl2N3O3/c17-12-6-13(18)8-14(7-12)20-16(22)11(9-19)5-10-1-3-15(4-2-10)21(23)24/h1-8H,(H,20,22)/b11-5-. The number of nitro benzene ring substituents is 1. The van der Waals surface area contributed by atoms with Crippen molar-refractivity contribution in [3.8, 4) is 6.07 Å². The quantitative estimate of drug-likeness (QED) is 0.376. The number of non-ortho nitro benzene ring substituents is 1. The van der Waals surface area contributed by atoms with Crippen molar-refractivity contribution < 1.29 is 9.72 Å². The Labute approximate surface area is 147 Å². The van der Waals surface area contributed by atoms with Crippen molar-refractivity contribution in [3.63, 3.8) is 0 Å². The second kappa shape index (κ2) is 7.59. The van der Waals surface area contributed by atoms with Crippen LogP contribution in [-0.2, 0) is 4.79 Å². The summed E-state index contributed by atoms with van der Waals surface area (Å²) in [6.07, 6.45) is 1.32. The van der Waals surface area contributed by atoms with E-state index < -0.39 is 10.8 Å². The molecule has 0 atom stereocenters. The highest BCUT2D eigenvalue weighted by molar-refractivity contribution is 6.35. The number of anilines is 1. The molecule has 120 valence electrons. The van der Waals surface area contributed by atoms with E-state index in [9.17, 15) is 14.9 Å². The number of nitrogens with zero attached hydrogens (tertiary/aromatic N) is 2. The molecule has 0 aliphatic heterocycles. The molecule has 24 heavy (non-hydrogen) atoms. The molecule has 0 spiro atoms. The van der Waals surface area contributed by atoms with E-state index in [-0.39, 0.29) is 11.3 Å². The Bertz CT molecular complexity index is 851. The minimum absolute atomic E-state index is 0.0799. The summed E-state index contributed by atoms with van der Waals surface area (Å²) >= 11 is 11.7. The number of hydrogen-bond donors (Lipinski definition) is 1. The third-order valence-corrected chi connectivity index (χ3v) is 3.34. The van der Waals surface area contributed by atoms with Crippen LogP contribution in [0.4, 0.5) is 11.4 Å². The van der Waals surface area contributed by atoms with Crippen molar-refractivity contribution in [1.82, 2.24) is 0 Å². The summed E-state index contributed by atoms with van der Waals surface area (Å²) in [6, 6.07) is 11.7. The highest BCUT2D eigenvalue weighted by Gasteiger charge is 2.11. The molecule has 0 saturated heterocycles. The number of nitriles is 1. The summed E-state index contributed by atoms with van der Waals surface area (Å²) in [7, 11) is 0. The van der Waals surface area contributed by atoms with Crippen LogP contribution >= 0.6 is 23.2 Å². The molecule has 0 aliphatic carbocycles. The SMILES string of the molecule is N#C/C(=C/c1ccc([N+](=O)[O-])cc1)C(=O)Nc1cc(Cl)cc(Cl)c1. The molecule has 0 saturated carbocycles. The molecule has 0 radical (unpaired) electrons. The fourth-order valence-corrected chi connectivity index (χ4v) is 2.36. The maximum absolute atomic E-state index is 12.1. The summed E-state index contributed by atoms with van der Waals surface area (Å²) in [4.78, 5) is 22.2. The molecule has 2 aromatic carbocycles. The maximum atomic E-state index is 12.1. The van der Waals surface area contributed by atoms with Crippen LogP contribution in [0.15, 0.2) is 48.0 Å². The van der Waals surface area contributed by atoms with E-state index in [0.717, 1.165) is 0 Å². The largest absolute Gasteiger partial charge is 0.321 e. The zero-order chi connectivity index (χ0) is 17.7. The van der Waals surface area contributed by atoms with Crippen LogP contribution in [0.3, 0.4) is 0 Å². The van der Waals surface area contributed by atoms with Crippen molar-refractivity contribution in [1.29, 1.82) is 5.26 Å². The third kappa shape index (κ3) is 4.56. The lowest BCUT2D eigenvalue weighted by molar-refractivity contribution is -0.384. The highest BCUT2D eigenvalue weighted by atomic mass is 35.5. The number of carbonyl (C=O) groups excluding carboxylic acids is 1. The number of benzene rings is 2. The monoisotopic (exact) mass is 361 g/mol. The zero-order valence-electron chi connectivity index (χ0n) is 12.0. The van der Waals surface area contributed by atoms with Gasteiger partial charge < -0.3 is 5.32 Å². The molecular weight excluding hydrogens is 353 g/mol. The predicted molar refractivity (Wildman–Crippen MR) is 91.8 cm³/mol. The van der Waals surface area contributed by atoms with Crippen molar-refractivity contribution in [2.75, 3.05) is 5.32 Å². The average molecular weight is 362 g/mol. The lowest BCUT2D eigenvalue weighted by atomic mass is 10.1. The van der Waals surface area contributed by atoms with E-state index in [0.29, 0.717) is 21.3 Å². The van der Waals surface area contributed by atoms with Gasteiger partial charge in [-0.15, -0.1) is 0 Å². The van der Waals surface area contributed by atoms with E-state index in [4.69, 9.17) is 28.5 Å². The first-order valence-electron chi connectivity index (χ1n) is 6.53. The fourth-order valence-electron chi connectivity index (χ4n) is 1.83. The van der Waals surface area contributed by atoms with Crippen molar-refractivity contribution in [3.05, 3.63) is 73.8 Å². The summed E-state index contributed by atoms with van der Waals surface area (Å²) in [6.45, 7) is 0. The van der Waals surface area contributed by atoms with Gasteiger partial charge in [0.25, 0.3) is 11.6 Å². The van der Waals surface area contributed by atoms with E-state index >= 15 is 0 Å². The van der Waals surface area contributed by atoms with Gasteiger partial charge in [-0.25, -0.2) is 0 Å². The minimum Gasteiger partial charge on any atom is -0.321 e. The number of nitrogens with one attached hydrogen (secondary N) is 1. The Hall–Kier alpha value is -2.88. The Morgan fingerprint density at radius 2 is 1.75 bits per heavy atom. The molecule has 1 amide bonds. The Kier molecular flexibility index (Phi) is 5.53. The minimum atomic E-state index is -0.644. The Morgan fingerprint density at radius 3 is 2.25 bits per heavy atom. The van der Waals surface area contributed by atoms with E-state index in [1.165, 1.54) is 48.5 Å². The lowest BCUT2D eigenvalue weighted by Gasteiger charge is -2.05. The van der Waals surface area contributed by atoms with Crippen LogP contribution < -0.4 is 5.32 Å². The van der Waals surface area contributed by atoms with Crippen LogP contribution in [0.5, 0.6) is 0 Å². The second-order valence-electron chi connectivity index (χ2n) is 4.63. The summed E-state index contributed by atoms with van der Waals surface area (Å²) in [5.74, 6) is -0.644. The van der Waals surface area contributed by atoms with E-state index in [1.807, 2.05) is 0 Å². The van der Waals surface area contributed by atoms with Gasteiger partial charge in [0, 0.05) is 27.9 Å². The molecule has 0 aromatic heterocycles. The van der Waals surface area contributed by atoms with Gasteiger partial charge >= 0.3 is 0 Å². The molecule has 0 bridgehead atoms. The molecule has 0 heterocycles. The highest BCUT2D eigenvalue weighted by Crippen LogP contribution is 2.23. The van der Waals surface area contributed by atoms with E-state index in [1.54, 1.807) is 6.07 Å². The van der Waals surface area contributed by atoms with E-state index in [2.05, 4.69) is 5.32 Å². The molecule has 8 heteroatoms. The van der Waals surface area contributed by atoms with Gasteiger partial charge in [0.1, 0.15) is 11.6 Å². The normalized spacial score (nSPS) is 10.8. The molecule has 2 rings (SSSR count). The number of rotatable bonds is 4. The topological polar surface area (TPSA) is 96.0 Å². The van der Waals surface area contributed by atoms with Crippen molar-refractivity contribution in [2.45, 2.75) is 0 Å². The van der Waals surface area contributed by atoms with Gasteiger partial charge in [0.2, 0.25) is 0 Å². The predicted octanol–water partition coefficient (Wildman–Crippen LogP) is 4.45. The van der Waals surface area contributed by atoms with Gasteiger partial charge in [-0.05, 0) is 42.0 Å². The third-order valence-electron chi connectivity index (χ3n) is 2.90. The number of hydrogen-bond acceptors (Lipinski definition) is 4. The smallest absolute Gasteiger partial charge is 0.269 e. The molecule has 6 nitrogen and oxygen atoms in total. The number of halogens is 2. The first-order chi connectivity index (χ1) is 11.4. The molecule has 0 aliphatic rings. The summed E-state index contributed by atoms with van der Waals surface area (Å²) in [5, 5.41) is 23.0. The van der Waals surface area contributed by atoms with Crippen LogP contribution in [0.2, 0.25) is 10.0 Å². The number of carbonyl (C=O) groups is 1. The van der Waals surface area contributed by atoms with Crippen LogP contribution in [-0.4, -0.2) is 10.8 Å². The zero-order valence-corrected chi connectivity index (χ0v) is 13.5. The number of amides is 1. The fraction of sp³-hybridized carbons (Fsp3) is 0. The second-order valence-corrected chi connectivity index (χ2v) is 5.50. The van der Waals surface area contributed by atoms with Gasteiger partial charge in [-0.2, -0.15) is 5.26 Å². The molecule has 1 N–H and O–H groups in total. The molecular formula is C16H9Cl2N3O3. The van der Waals surface area contributed by atoms with Crippen molar-refractivity contribution in [2.24, 2.45) is 0 Å². The average Bonchev–Trinajstić information content (AvgIpc) is 2.51. The van der Waals surface area contributed by atoms with Gasteiger partial charge in [-0.3, -0.25) is 14.9 Å². The van der Waals surface area contributed by atoms with Crippen LogP contribution in [0.25, 0.3) is 6.08 Å². The number of nitro groups is 1. The summed E-state index contributed by atoms with van der Waals surface area (Å²) in [5.41, 5.74) is 0.586. The van der Waals surface area contributed by atoms with Crippen LogP contribution in [0, 0.1) is 21.4 Å². The summed E-state index contributed by atoms with van der Waals surface area (Å²) < 4.78 is 0. The molecule has 0 fully saturated rings. The Morgan fingerprint density at radius 1 is 1.17 bits per heavy atom. The lowest BCUT2D eigenvalue weighted by Crippen LogP contribution is -2.13. The van der Waals surface area contributed by atoms with Gasteiger partial charge in [0.15, 0.2) is 0 Å². The first-order valence-corrected chi connectivity index (χ1v) is 7.28. The molecule has 2 aromatic rings. The van der Waals surface area contributed by atoms with Crippen LogP contribution in [0.1, 0.15) is 5.56 Å². The maximum Gasteiger partial charge on any atom is 0.269 e. The van der Waals surface area contributed by atoms with Crippen molar-refractivity contribution >= 4 is 46.6 Å². The molecule has 0 unspecified atom stereocenters. The first kappa shape index (κ1) is 17.5. The van der Waals surface area contributed by atoms with Gasteiger partial charge in [-0.1, -0.05) is 23.2 Å². The Balaban J connectivity index is 2.22.